The van der Waals surface area contributed by atoms with Crippen LogP contribution in [0.5, 0.6) is 5.75 Å². The van der Waals surface area contributed by atoms with Gasteiger partial charge in [-0.3, -0.25) is 9.48 Å². The maximum Gasteiger partial charge on any atom is 0.282 e. The van der Waals surface area contributed by atoms with Gasteiger partial charge in [0, 0.05) is 30.1 Å². The van der Waals surface area contributed by atoms with Crippen LogP contribution in [0.1, 0.15) is 22.5 Å². The third-order valence-corrected chi connectivity index (χ3v) is 4.31. The molecular weight excluding hydrogens is 395 g/mol. The average Bonchev–Trinajstić information content (AvgIpc) is 3.05. The van der Waals surface area contributed by atoms with E-state index in [4.69, 9.17) is 16.3 Å². The minimum Gasteiger partial charge on any atom is -0.495 e. The van der Waals surface area contributed by atoms with Gasteiger partial charge in [-0.05, 0) is 18.2 Å². The number of alkyl halides is 2. The lowest BCUT2D eigenvalue weighted by Gasteiger charge is -2.13. The number of para-hydroxylation sites is 1. The monoisotopic (exact) mass is 409 g/mol. The number of ether oxygens (including phenoxy) is 1. The van der Waals surface area contributed by atoms with Crippen molar-refractivity contribution in [2.75, 3.05) is 12.4 Å². The van der Waals surface area contributed by atoms with Crippen molar-refractivity contribution in [3.8, 4) is 16.9 Å². The van der Waals surface area contributed by atoms with E-state index in [-0.39, 0.29) is 27.6 Å². The Hall–Kier alpha value is -3.00. The molecule has 0 aliphatic heterocycles. The van der Waals surface area contributed by atoms with Gasteiger partial charge in [-0.15, -0.1) is 0 Å². The van der Waals surface area contributed by atoms with E-state index in [0.29, 0.717) is 5.56 Å². The number of rotatable bonds is 5. The Morgan fingerprint density at radius 3 is 2.64 bits per heavy atom. The van der Waals surface area contributed by atoms with E-state index < -0.39 is 23.8 Å². The lowest BCUT2D eigenvalue weighted by atomic mass is 10.0. The highest BCUT2D eigenvalue weighted by Crippen LogP contribution is 2.36. The number of aryl methyl sites for hydroxylation is 1. The van der Waals surface area contributed by atoms with Gasteiger partial charge >= 0.3 is 0 Å². The number of hydrogen-bond donors (Lipinski definition) is 1. The van der Waals surface area contributed by atoms with E-state index in [9.17, 15) is 18.0 Å². The maximum absolute atomic E-state index is 14.5. The van der Waals surface area contributed by atoms with Gasteiger partial charge in [0.05, 0.1) is 17.7 Å². The fourth-order valence-electron chi connectivity index (χ4n) is 2.75. The van der Waals surface area contributed by atoms with E-state index in [1.807, 2.05) is 0 Å². The molecule has 5 nitrogen and oxygen atoms in total. The quantitative estimate of drug-likeness (QED) is 0.639. The molecule has 0 radical (unpaired) electrons. The van der Waals surface area contributed by atoms with Crippen LogP contribution in [-0.2, 0) is 7.05 Å². The molecule has 0 spiro atoms. The Bertz CT molecular complexity index is 1040. The number of nitrogens with one attached hydrogen (secondary N) is 1. The topological polar surface area (TPSA) is 56.1 Å². The molecule has 0 aliphatic carbocycles. The van der Waals surface area contributed by atoms with Crippen molar-refractivity contribution in [2.24, 2.45) is 7.05 Å². The summed E-state index contributed by atoms with van der Waals surface area (Å²) in [4.78, 5) is 12.6. The van der Waals surface area contributed by atoms with Gasteiger partial charge in [0.1, 0.15) is 17.3 Å². The van der Waals surface area contributed by atoms with Crippen LogP contribution in [0.25, 0.3) is 11.1 Å². The van der Waals surface area contributed by atoms with Crippen molar-refractivity contribution >= 4 is 23.2 Å². The van der Waals surface area contributed by atoms with Crippen LogP contribution in [0.2, 0.25) is 5.02 Å². The number of halogens is 4. The molecule has 1 aromatic heterocycles. The molecule has 0 bridgehead atoms. The molecule has 3 rings (SSSR count). The van der Waals surface area contributed by atoms with Gasteiger partial charge < -0.3 is 10.1 Å². The number of methoxy groups -OCH3 is 1. The van der Waals surface area contributed by atoms with Crippen molar-refractivity contribution in [3.63, 3.8) is 0 Å². The molecule has 0 atom stereocenters. The minimum absolute atomic E-state index is 0.0993. The molecule has 1 heterocycles. The number of anilines is 1. The number of carbonyl (C=O) groups excluding carboxylic acids is 1. The summed E-state index contributed by atoms with van der Waals surface area (Å²) in [5.41, 5.74) is -0.179. The molecule has 2 aromatic carbocycles. The smallest absolute Gasteiger partial charge is 0.282 e. The van der Waals surface area contributed by atoms with Crippen molar-refractivity contribution < 1.29 is 22.7 Å². The Morgan fingerprint density at radius 2 is 1.96 bits per heavy atom. The zero-order valence-electron chi connectivity index (χ0n) is 14.8. The lowest BCUT2D eigenvalue weighted by Crippen LogP contribution is -2.14. The Balaban J connectivity index is 2.02. The molecule has 1 amide bonds. The second kappa shape index (κ2) is 7.93. The van der Waals surface area contributed by atoms with Crippen LogP contribution >= 0.6 is 11.6 Å². The van der Waals surface area contributed by atoms with Crippen LogP contribution < -0.4 is 10.1 Å². The minimum atomic E-state index is -2.91. The summed E-state index contributed by atoms with van der Waals surface area (Å²) in [6.07, 6.45) is -1.71. The van der Waals surface area contributed by atoms with E-state index in [1.54, 1.807) is 18.2 Å². The number of aromatic nitrogens is 2. The van der Waals surface area contributed by atoms with E-state index >= 15 is 0 Å². The van der Waals surface area contributed by atoms with Gasteiger partial charge in [-0.25, -0.2) is 13.2 Å². The van der Waals surface area contributed by atoms with Crippen molar-refractivity contribution in [1.82, 2.24) is 9.78 Å². The Morgan fingerprint density at radius 1 is 1.25 bits per heavy atom. The molecule has 0 fully saturated rings. The summed E-state index contributed by atoms with van der Waals surface area (Å²) in [5, 5.41) is 6.26. The predicted molar refractivity (Wildman–Crippen MR) is 99.5 cm³/mol. The number of hydrogen-bond acceptors (Lipinski definition) is 3. The number of benzene rings is 2. The molecular formula is C19H15ClF3N3O2. The van der Waals surface area contributed by atoms with E-state index in [2.05, 4.69) is 10.4 Å². The third kappa shape index (κ3) is 3.82. The van der Waals surface area contributed by atoms with Gasteiger partial charge in [0.2, 0.25) is 0 Å². The van der Waals surface area contributed by atoms with Gasteiger partial charge in [-0.1, -0.05) is 29.8 Å². The second-order valence-electron chi connectivity index (χ2n) is 5.87. The van der Waals surface area contributed by atoms with Crippen LogP contribution in [0.15, 0.2) is 42.6 Å². The highest BCUT2D eigenvalue weighted by Gasteiger charge is 2.23. The molecule has 3 aromatic rings. The van der Waals surface area contributed by atoms with Gasteiger partial charge in [-0.2, -0.15) is 5.10 Å². The molecule has 146 valence electrons. The largest absolute Gasteiger partial charge is 0.495 e. The highest BCUT2D eigenvalue weighted by atomic mass is 35.5. The summed E-state index contributed by atoms with van der Waals surface area (Å²) in [7, 11) is 2.83. The molecule has 0 aliphatic rings. The normalized spacial score (nSPS) is 11.0. The van der Waals surface area contributed by atoms with E-state index in [1.165, 1.54) is 32.5 Å². The summed E-state index contributed by atoms with van der Waals surface area (Å²) in [6.45, 7) is 0. The molecule has 0 saturated heterocycles. The van der Waals surface area contributed by atoms with Gasteiger partial charge in [0.15, 0.2) is 0 Å². The first-order chi connectivity index (χ1) is 13.3. The second-order valence-corrected chi connectivity index (χ2v) is 6.28. The van der Waals surface area contributed by atoms with Crippen molar-refractivity contribution in [3.05, 3.63) is 64.7 Å². The van der Waals surface area contributed by atoms with Gasteiger partial charge in [0.25, 0.3) is 12.3 Å². The van der Waals surface area contributed by atoms with Crippen molar-refractivity contribution in [1.29, 1.82) is 0 Å². The van der Waals surface area contributed by atoms with Crippen LogP contribution in [0, 0.1) is 5.82 Å². The molecule has 28 heavy (non-hydrogen) atoms. The number of carbonyl (C=O) groups is 1. The van der Waals surface area contributed by atoms with Crippen LogP contribution in [0.3, 0.4) is 0 Å². The van der Waals surface area contributed by atoms with E-state index in [0.717, 1.165) is 10.7 Å². The fourth-order valence-corrected chi connectivity index (χ4v) is 2.98. The SMILES string of the molecule is COc1cc(-c2ccccc2NC(=O)c2cn(C)nc2C(F)F)c(F)cc1Cl. The molecule has 0 unspecified atom stereocenters. The zero-order valence-corrected chi connectivity index (χ0v) is 15.6. The maximum atomic E-state index is 14.5. The Labute approximate surface area is 163 Å². The average molecular weight is 410 g/mol. The first-order valence-electron chi connectivity index (χ1n) is 8.07. The standard InChI is InChI=1S/C19H15ClF3N3O2/c1-26-9-12(17(25-26)18(22)23)19(27)24-15-6-4-3-5-10(15)11-7-16(28-2)13(20)8-14(11)21/h3-9,18H,1-2H3,(H,24,27). The summed E-state index contributed by atoms with van der Waals surface area (Å²) < 4.78 is 47.0. The summed E-state index contributed by atoms with van der Waals surface area (Å²) >= 11 is 5.93. The highest BCUT2D eigenvalue weighted by molar-refractivity contribution is 6.32. The molecule has 0 saturated carbocycles. The van der Waals surface area contributed by atoms with Crippen molar-refractivity contribution in [2.45, 2.75) is 6.43 Å². The first-order valence-corrected chi connectivity index (χ1v) is 8.45. The molecule has 9 heteroatoms. The first kappa shape index (κ1) is 19.8. The summed E-state index contributed by atoms with van der Waals surface area (Å²) in [6, 6.07) is 8.90. The summed E-state index contributed by atoms with van der Waals surface area (Å²) in [5.74, 6) is -1.15. The lowest BCUT2D eigenvalue weighted by molar-refractivity contribution is 0.101. The molecule has 1 N–H and O–H groups in total. The van der Waals surface area contributed by atoms with Crippen LogP contribution in [-0.4, -0.2) is 22.8 Å². The fraction of sp³-hybridized carbons (Fsp3) is 0.158. The number of nitrogens with zero attached hydrogens (tertiary/aromatic N) is 2. The Kier molecular flexibility index (Phi) is 5.60. The number of amides is 1. The zero-order chi connectivity index (χ0) is 20.4. The predicted octanol–water partition coefficient (Wildman–Crippen LogP) is 5.08. The van der Waals surface area contributed by atoms with Crippen LogP contribution in [0.4, 0.5) is 18.9 Å². The third-order valence-electron chi connectivity index (χ3n) is 4.02.